The molecule has 2 aromatic rings. The highest BCUT2D eigenvalue weighted by Crippen LogP contribution is 2.25. The Bertz CT molecular complexity index is 565. The molecule has 2 rings (SSSR count). The molecule has 18 heavy (non-hydrogen) atoms. The van der Waals surface area contributed by atoms with Gasteiger partial charge in [-0.05, 0) is 30.7 Å². The van der Waals surface area contributed by atoms with Crippen LogP contribution in [0.3, 0.4) is 0 Å². The zero-order valence-corrected chi connectivity index (χ0v) is 11.9. The van der Waals surface area contributed by atoms with Gasteiger partial charge in [0.2, 0.25) is 0 Å². The molecule has 0 aliphatic heterocycles. The summed E-state index contributed by atoms with van der Waals surface area (Å²) in [5, 5.41) is 4.33. The van der Waals surface area contributed by atoms with Crippen LogP contribution in [0.2, 0.25) is 0 Å². The second-order valence-corrected chi connectivity index (χ2v) is 5.10. The molecule has 1 atom stereocenters. The number of aromatic nitrogens is 2. The largest absolute Gasteiger partial charge is 0.319 e. The lowest BCUT2D eigenvalue weighted by Crippen LogP contribution is -2.17. The van der Waals surface area contributed by atoms with Crippen LogP contribution in [0.4, 0.5) is 4.39 Å². The van der Waals surface area contributed by atoms with Crippen molar-refractivity contribution in [2.45, 2.75) is 19.4 Å². The molecule has 1 aromatic carbocycles. The van der Waals surface area contributed by atoms with E-state index in [1.54, 1.807) is 16.8 Å². The molecule has 3 nitrogen and oxygen atoms in total. The summed E-state index contributed by atoms with van der Waals surface area (Å²) in [4.78, 5) is 0. The van der Waals surface area contributed by atoms with Gasteiger partial charge in [0.25, 0.3) is 0 Å². The Kier molecular flexibility index (Phi) is 3.82. The van der Waals surface area contributed by atoms with Crippen molar-refractivity contribution in [1.29, 1.82) is 0 Å². The number of nitrogens with two attached hydrogens (primary N) is 1. The summed E-state index contributed by atoms with van der Waals surface area (Å²) in [5.74, 6) is -0.301. The molecule has 1 heterocycles. The van der Waals surface area contributed by atoms with Crippen molar-refractivity contribution >= 4 is 15.9 Å². The molecule has 2 N–H and O–H groups in total. The van der Waals surface area contributed by atoms with Gasteiger partial charge in [-0.25, -0.2) is 4.39 Å². The van der Waals surface area contributed by atoms with Gasteiger partial charge in [-0.2, -0.15) is 5.10 Å². The molecule has 0 saturated heterocycles. The fourth-order valence-corrected chi connectivity index (χ4v) is 2.30. The Hall–Kier alpha value is -1.20. The SMILES string of the molecule is CCc1cc(C(N)c2cc(Br)ccc2F)n(C)n1. The summed E-state index contributed by atoms with van der Waals surface area (Å²) < 4.78 is 16.3. The van der Waals surface area contributed by atoms with Crippen LogP contribution >= 0.6 is 15.9 Å². The van der Waals surface area contributed by atoms with E-state index in [1.807, 2.05) is 20.0 Å². The molecule has 0 bridgehead atoms. The first kappa shape index (κ1) is 13.2. The van der Waals surface area contributed by atoms with Crippen molar-refractivity contribution in [2.24, 2.45) is 12.8 Å². The molecule has 1 unspecified atom stereocenters. The Balaban J connectivity index is 2.43. The lowest BCUT2D eigenvalue weighted by atomic mass is 10.0. The molecule has 0 fully saturated rings. The van der Waals surface area contributed by atoms with Crippen LogP contribution in [0.5, 0.6) is 0 Å². The van der Waals surface area contributed by atoms with Crippen LogP contribution in [-0.4, -0.2) is 9.78 Å². The summed E-state index contributed by atoms with van der Waals surface area (Å²) in [5.41, 5.74) is 8.37. The number of rotatable bonds is 3. The average Bonchev–Trinajstić information content (AvgIpc) is 2.73. The van der Waals surface area contributed by atoms with Gasteiger partial charge in [-0.15, -0.1) is 0 Å². The average molecular weight is 312 g/mol. The van der Waals surface area contributed by atoms with E-state index < -0.39 is 6.04 Å². The molecule has 0 aliphatic carbocycles. The van der Waals surface area contributed by atoms with Gasteiger partial charge in [0.05, 0.1) is 17.4 Å². The van der Waals surface area contributed by atoms with Crippen molar-refractivity contribution in [2.75, 3.05) is 0 Å². The van der Waals surface area contributed by atoms with E-state index in [0.717, 1.165) is 22.3 Å². The lowest BCUT2D eigenvalue weighted by Gasteiger charge is -2.13. The Labute approximate surface area is 114 Å². The number of aryl methyl sites for hydroxylation is 2. The Morgan fingerprint density at radius 2 is 2.17 bits per heavy atom. The molecule has 1 aromatic heterocycles. The van der Waals surface area contributed by atoms with E-state index >= 15 is 0 Å². The second kappa shape index (κ2) is 5.20. The molecule has 0 saturated carbocycles. The molecular weight excluding hydrogens is 297 g/mol. The Morgan fingerprint density at radius 3 is 2.78 bits per heavy atom. The molecular formula is C13H15BrFN3. The fourth-order valence-electron chi connectivity index (χ4n) is 1.92. The van der Waals surface area contributed by atoms with Gasteiger partial charge < -0.3 is 5.73 Å². The third-order valence-corrected chi connectivity index (χ3v) is 3.43. The second-order valence-electron chi connectivity index (χ2n) is 4.18. The van der Waals surface area contributed by atoms with Crippen molar-refractivity contribution in [3.63, 3.8) is 0 Å². The quantitative estimate of drug-likeness (QED) is 0.947. The number of halogens is 2. The summed E-state index contributed by atoms with van der Waals surface area (Å²) >= 11 is 3.33. The summed E-state index contributed by atoms with van der Waals surface area (Å²) in [6.07, 6.45) is 0.835. The van der Waals surface area contributed by atoms with Crippen molar-refractivity contribution < 1.29 is 4.39 Å². The minimum atomic E-state index is -0.514. The van der Waals surface area contributed by atoms with E-state index in [0.29, 0.717) is 5.56 Å². The standard InChI is InChI=1S/C13H15BrFN3/c1-3-9-7-12(18(2)17-9)13(16)10-6-8(14)4-5-11(10)15/h4-7,13H,3,16H2,1-2H3. The molecule has 0 aliphatic rings. The van der Waals surface area contributed by atoms with Crippen LogP contribution < -0.4 is 5.73 Å². The maximum Gasteiger partial charge on any atom is 0.128 e. The van der Waals surface area contributed by atoms with Gasteiger partial charge in [0.15, 0.2) is 0 Å². The topological polar surface area (TPSA) is 43.8 Å². The monoisotopic (exact) mass is 311 g/mol. The van der Waals surface area contributed by atoms with Gasteiger partial charge in [0.1, 0.15) is 5.82 Å². The third-order valence-electron chi connectivity index (χ3n) is 2.94. The maximum atomic E-state index is 13.8. The zero-order valence-electron chi connectivity index (χ0n) is 10.3. The lowest BCUT2D eigenvalue weighted by molar-refractivity contribution is 0.585. The normalized spacial score (nSPS) is 12.7. The van der Waals surface area contributed by atoms with Gasteiger partial charge >= 0.3 is 0 Å². The van der Waals surface area contributed by atoms with Gasteiger partial charge in [-0.3, -0.25) is 4.68 Å². The number of benzene rings is 1. The minimum Gasteiger partial charge on any atom is -0.319 e. The van der Waals surface area contributed by atoms with Crippen LogP contribution in [0.15, 0.2) is 28.7 Å². The summed E-state index contributed by atoms with van der Waals surface area (Å²) in [6, 6.07) is 6.19. The van der Waals surface area contributed by atoms with E-state index in [9.17, 15) is 4.39 Å². The molecule has 0 amide bonds. The predicted molar refractivity (Wildman–Crippen MR) is 72.7 cm³/mol. The maximum absolute atomic E-state index is 13.8. The molecule has 96 valence electrons. The fraction of sp³-hybridized carbons (Fsp3) is 0.308. The summed E-state index contributed by atoms with van der Waals surface area (Å²) in [7, 11) is 1.82. The first-order valence-electron chi connectivity index (χ1n) is 5.76. The zero-order chi connectivity index (χ0) is 13.3. The predicted octanol–water partition coefficient (Wildman–Crippen LogP) is 2.93. The molecule has 0 radical (unpaired) electrons. The van der Waals surface area contributed by atoms with E-state index in [4.69, 9.17) is 5.73 Å². The van der Waals surface area contributed by atoms with E-state index in [-0.39, 0.29) is 5.82 Å². The van der Waals surface area contributed by atoms with Gasteiger partial charge in [0, 0.05) is 17.1 Å². The Morgan fingerprint density at radius 1 is 1.44 bits per heavy atom. The van der Waals surface area contributed by atoms with Crippen LogP contribution in [0, 0.1) is 5.82 Å². The molecule has 5 heteroatoms. The smallest absolute Gasteiger partial charge is 0.128 e. The highest BCUT2D eigenvalue weighted by Gasteiger charge is 2.18. The van der Waals surface area contributed by atoms with Crippen molar-refractivity contribution in [3.8, 4) is 0 Å². The van der Waals surface area contributed by atoms with Crippen LogP contribution in [0.1, 0.15) is 29.9 Å². The number of hydrogen-bond donors (Lipinski definition) is 1. The van der Waals surface area contributed by atoms with Crippen molar-refractivity contribution in [3.05, 3.63) is 51.5 Å². The number of hydrogen-bond acceptors (Lipinski definition) is 2. The first-order chi connectivity index (χ1) is 8.52. The van der Waals surface area contributed by atoms with Crippen LogP contribution in [-0.2, 0) is 13.5 Å². The highest BCUT2D eigenvalue weighted by molar-refractivity contribution is 9.10. The minimum absolute atomic E-state index is 0.301. The summed E-state index contributed by atoms with van der Waals surface area (Å²) in [6.45, 7) is 2.03. The molecule has 0 spiro atoms. The van der Waals surface area contributed by atoms with E-state index in [1.165, 1.54) is 6.07 Å². The first-order valence-corrected chi connectivity index (χ1v) is 6.55. The van der Waals surface area contributed by atoms with Crippen molar-refractivity contribution in [1.82, 2.24) is 9.78 Å². The van der Waals surface area contributed by atoms with Gasteiger partial charge in [-0.1, -0.05) is 22.9 Å². The third kappa shape index (κ3) is 2.47. The number of nitrogens with zero attached hydrogens (tertiary/aromatic N) is 2. The highest BCUT2D eigenvalue weighted by atomic mass is 79.9. The van der Waals surface area contributed by atoms with Crippen LogP contribution in [0.25, 0.3) is 0 Å². The van der Waals surface area contributed by atoms with E-state index in [2.05, 4.69) is 21.0 Å².